The van der Waals surface area contributed by atoms with Crippen molar-refractivity contribution in [3.63, 3.8) is 0 Å². The molecule has 0 saturated carbocycles. The van der Waals surface area contributed by atoms with E-state index in [1.165, 1.54) is 0 Å². The van der Waals surface area contributed by atoms with Gasteiger partial charge in [0.05, 0.1) is 6.61 Å². The molecule has 0 aromatic heterocycles. The van der Waals surface area contributed by atoms with Gasteiger partial charge in [-0.25, -0.2) is 4.57 Å². The molecule has 8 nitrogen and oxygen atoms in total. The average molecular weight is 231 g/mol. The van der Waals surface area contributed by atoms with Crippen molar-refractivity contribution < 1.29 is 38.9 Å². The lowest BCUT2D eigenvalue weighted by Gasteiger charge is -2.14. The van der Waals surface area contributed by atoms with Crippen LogP contribution in [0.3, 0.4) is 0 Å². The molecule has 0 radical (unpaired) electrons. The van der Waals surface area contributed by atoms with Crippen LogP contribution < -0.4 is 0 Å². The van der Waals surface area contributed by atoms with E-state index in [-0.39, 0.29) is 0 Å². The number of aliphatic hydroxyl groups excluding tert-OH is 3. The Morgan fingerprint density at radius 2 is 1.79 bits per heavy atom. The standard InChI is InChI=1S/C5H11O8P/c6-3-2(1-12-14(9,10)11)13-5(8)4(3)7/h2-8H,1H2,(H2,9,10,11)/t2-,3-,4-,5?/m1/s1/i1+1. The Bertz CT molecular complexity index is 238. The van der Waals surface area contributed by atoms with Crippen molar-refractivity contribution in [3.05, 3.63) is 0 Å². The maximum absolute atomic E-state index is 10.3. The third kappa shape index (κ3) is 2.97. The minimum absolute atomic E-state index is 0.612. The van der Waals surface area contributed by atoms with Crippen LogP contribution in [0.5, 0.6) is 0 Å². The van der Waals surface area contributed by atoms with Gasteiger partial charge in [-0.05, 0) is 0 Å². The molecule has 1 aliphatic heterocycles. The van der Waals surface area contributed by atoms with E-state index in [0.717, 1.165) is 0 Å². The Labute approximate surface area is 78.9 Å². The maximum atomic E-state index is 10.3. The monoisotopic (exact) mass is 231 g/mol. The normalized spacial score (nSPS) is 38.9. The summed E-state index contributed by atoms with van der Waals surface area (Å²) in [5, 5.41) is 27.0. The van der Waals surface area contributed by atoms with Crippen LogP contribution in [-0.2, 0) is 13.8 Å². The first-order chi connectivity index (χ1) is 6.31. The van der Waals surface area contributed by atoms with E-state index in [0.29, 0.717) is 0 Å². The fourth-order valence-corrected chi connectivity index (χ4v) is 1.38. The molecule has 1 fully saturated rings. The third-order valence-electron chi connectivity index (χ3n) is 1.74. The Balaban J connectivity index is 2.44. The summed E-state index contributed by atoms with van der Waals surface area (Å²) < 4.78 is 18.9. The Kier molecular flexibility index (Phi) is 3.62. The molecule has 84 valence electrons. The fraction of sp³-hybridized carbons (Fsp3) is 1.00. The first kappa shape index (κ1) is 12.0. The van der Waals surface area contributed by atoms with Crippen LogP contribution in [0.4, 0.5) is 0 Å². The quantitative estimate of drug-likeness (QED) is 0.266. The zero-order chi connectivity index (χ0) is 10.9. The molecule has 0 aliphatic carbocycles. The molecule has 1 heterocycles. The van der Waals surface area contributed by atoms with Gasteiger partial charge < -0.3 is 29.8 Å². The largest absolute Gasteiger partial charge is 0.469 e. The van der Waals surface area contributed by atoms with Crippen LogP contribution in [0.25, 0.3) is 0 Å². The number of ether oxygens (including phenoxy) is 1. The van der Waals surface area contributed by atoms with Crippen molar-refractivity contribution in [2.45, 2.75) is 24.6 Å². The highest BCUT2D eigenvalue weighted by atomic mass is 31.2. The summed E-state index contributed by atoms with van der Waals surface area (Å²) in [4.78, 5) is 16.6. The highest BCUT2D eigenvalue weighted by Crippen LogP contribution is 2.36. The minimum atomic E-state index is -4.64. The van der Waals surface area contributed by atoms with Gasteiger partial charge in [0.25, 0.3) is 0 Å². The zero-order valence-electron chi connectivity index (χ0n) is 6.92. The van der Waals surface area contributed by atoms with Gasteiger partial charge in [0.2, 0.25) is 0 Å². The van der Waals surface area contributed by atoms with Crippen LogP contribution in [-0.4, -0.2) is 56.3 Å². The van der Waals surface area contributed by atoms with Gasteiger partial charge >= 0.3 is 7.82 Å². The molecular weight excluding hydrogens is 220 g/mol. The molecule has 1 rings (SSSR count). The summed E-state index contributed by atoms with van der Waals surface area (Å²) in [5.41, 5.74) is 0. The van der Waals surface area contributed by atoms with Crippen molar-refractivity contribution in [2.75, 3.05) is 6.61 Å². The topological polar surface area (TPSA) is 137 Å². The van der Waals surface area contributed by atoms with Crippen LogP contribution in [0.1, 0.15) is 0 Å². The fourth-order valence-electron chi connectivity index (χ4n) is 1.04. The van der Waals surface area contributed by atoms with Crippen molar-refractivity contribution >= 4 is 7.82 Å². The van der Waals surface area contributed by atoms with Crippen LogP contribution in [0.15, 0.2) is 0 Å². The van der Waals surface area contributed by atoms with Crippen molar-refractivity contribution in [2.24, 2.45) is 0 Å². The van der Waals surface area contributed by atoms with Gasteiger partial charge in [0, 0.05) is 0 Å². The molecule has 0 spiro atoms. The average Bonchev–Trinajstić information content (AvgIpc) is 2.28. The lowest BCUT2D eigenvalue weighted by Crippen LogP contribution is -2.34. The van der Waals surface area contributed by atoms with Gasteiger partial charge in [-0.15, -0.1) is 0 Å². The first-order valence-corrected chi connectivity index (χ1v) is 5.24. The maximum Gasteiger partial charge on any atom is 0.469 e. The Morgan fingerprint density at radius 3 is 2.14 bits per heavy atom. The third-order valence-corrected chi connectivity index (χ3v) is 2.23. The SMILES string of the molecule is O=P(O)(O)O[13CH2][C@H]1OC(O)[C@H](O)[C@@H]1O. The molecule has 0 aromatic rings. The summed E-state index contributed by atoms with van der Waals surface area (Å²) in [6.07, 6.45) is -5.67. The predicted molar refractivity (Wildman–Crippen MR) is 40.9 cm³/mol. The van der Waals surface area contributed by atoms with Crippen molar-refractivity contribution in [3.8, 4) is 0 Å². The first-order valence-electron chi connectivity index (χ1n) is 3.71. The number of aliphatic hydroxyl groups is 3. The molecule has 1 saturated heterocycles. The molecule has 4 atom stereocenters. The van der Waals surface area contributed by atoms with Crippen molar-refractivity contribution in [1.29, 1.82) is 0 Å². The summed E-state index contributed by atoms with van der Waals surface area (Å²) in [6.45, 7) is -0.612. The zero-order valence-corrected chi connectivity index (χ0v) is 7.82. The molecule has 14 heavy (non-hydrogen) atoms. The molecule has 0 bridgehead atoms. The second-order valence-electron chi connectivity index (χ2n) is 2.83. The van der Waals surface area contributed by atoms with E-state index in [2.05, 4.69) is 9.26 Å². The van der Waals surface area contributed by atoms with Gasteiger partial charge in [0.15, 0.2) is 6.29 Å². The van der Waals surface area contributed by atoms with E-state index in [4.69, 9.17) is 25.1 Å². The summed E-state index contributed by atoms with van der Waals surface area (Å²) in [6, 6.07) is 0. The Morgan fingerprint density at radius 1 is 1.21 bits per heavy atom. The number of rotatable bonds is 3. The van der Waals surface area contributed by atoms with E-state index in [1.54, 1.807) is 0 Å². The van der Waals surface area contributed by atoms with Crippen LogP contribution in [0, 0.1) is 0 Å². The summed E-state index contributed by atoms with van der Waals surface area (Å²) in [5.74, 6) is 0. The second-order valence-corrected chi connectivity index (χ2v) is 4.07. The molecule has 0 aromatic carbocycles. The second kappa shape index (κ2) is 4.21. The van der Waals surface area contributed by atoms with Gasteiger partial charge in [-0.1, -0.05) is 0 Å². The predicted octanol–water partition coefficient (Wildman–Crippen LogP) is -2.47. The van der Waals surface area contributed by atoms with E-state index in [9.17, 15) is 4.57 Å². The smallest absolute Gasteiger partial charge is 0.387 e. The summed E-state index contributed by atoms with van der Waals surface area (Å²) >= 11 is 0. The lowest BCUT2D eigenvalue weighted by atomic mass is 10.2. The van der Waals surface area contributed by atoms with E-state index < -0.39 is 39.0 Å². The van der Waals surface area contributed by atoms with Crippen molar-refractivity contribution in [1.82, 2.24) is 0 Å². The number of phosphoric acid groups is 1. The van der Waals surface area contributed by atoms with E-state index in [1.807, 2.05) is 0 Å². The minimum Gasteiger partial charge on any atom is -0.387 e. The van der Waals surface area contributed by atoms with E-state index >= 15 is 0 Å². The summed E-state index contributed by atoms with van der Waals surface area (Å²) in [7, 11) is -4.64. The molecular formula is C5H11O8P. The highest BCUT2D eigenvalue weighted by molar-refractivity contribution is 7.46. The molecule has 5 N–H and O–H groups in total. The Hall–Kier alpha value is -0.0500. The number of phosphoric ester groups is 1. The van der Waals surface area contributed by atoms with Gasteiger partial charge in [-0.3, -0.25) is 4.52 Å². The van der Waals surface area contributed by atoms with Gasteiger partial charge in [-0.2, -0.15) is 0 Å². The molecule has 1 aliphatic rings. The highest BCUT2D eigenvalue weighted by Gasteiger charge is 2.42. The number of hydrogen-bond donors (Lipinski definition) is 5. The molecule has 0 amide bonds. The molecule has 9 heteroatoms. The number of hydrogen-bond acceptors (Lipinski definition) is 6. The van der Waals surface area contributed by atoms with Crippen LogP contribution >= 0.6 is 7.82 Å². The van der Waals surface area contributed by atoms with Gasteiger partial charge in [0.1, 0.15) is 18.3 Å². The van der Waals surface area contributed by atoms with Crippen LogP contribution in [0.2, 0.25) is 0 Å². The molecule has 1 unspecified atom stereocenters. The lowest BCUT2D eigenvalue weighted by molar-refractivity contribution is -0.132.